The lowest BCUT2D eigenvalue weighted by atomic mass is 10.0. The Hall–Kier alpha value is -0.450. The van der Waals surface area contributed by atoms with Gasteiger partial charge >= 0.3 is 0 Å². The molecular weight excluding hydrogens is 208 g/mol. The van der Waals surface area contributed by atoms with E-state index in [1.165, 1.54) is 0 Å². The molecule has 0 aliphatic carbocycles. The lowest BCUT2D eigenvalue weighted by Crippen LogP contribution is -2.47. The van der Waals surface area contributed by atoms with Crippen molar-refractivity contribution >= 4 is 11.3 Å². The second kappa shape index (κ2) is 4.60. The van der Waals surface area contributed by atoms with E-state index in [9.17, 15) is 5.11 Å². The molecule has 15 heavy (non-hydrogen) atoms. The Labute approximate surface area is 95.6 Å². The van der Waals surface area contributed by atoms with Crippen LogP contribution >= 0.6 is 11.3 Å². The highest BCUT2D eigenvalue weighted by Crippen LogP contribution is 2.15. The number of nitrogens with zero attached hydrogens (tertiary/aromatic N) is 1. The minimum Gasteiger partial charge on any atom is -0.388 e. The van der Waals surface area contributed by atoms with Gasteiger partial charge in [-0.05, 0) is 27.7 Å². The molecule has 1 aromatic heterocycles. The van der Waals surface area contributed by atoms with E-state index in [0.717, 1.165) is 5.01 Å². The van der Waals surface area contributed by atoms with Crippen molar-refractivity contribution in [2.24, 2.45) is 0 Å². The van der Waals surface area contributed by atoms with Gasteiger partial charge in [-0.1, -0.05) is 0 Å². The Balaban J connectivity index is 2.45. The van der Waals surface area contributed by atoms with E-state index < -0.39 is 5.60 Å². The van der Waals surface area contributed by atoms with E-state index in [2.05, 4.69) is 31.1 Å². The summed E-state index contributed by atoms with van der Waals surface area (Å²) in [6.45, 7) is 8.69. The minimum atomic E-state index is -0.731. The van der Waals surface area contributed by atoms with Crippen LogP contribution in [-0.2, 0) is 6.42 Å². The van der Waals surface area contributed by atoms with Crippen LogP contribution < -0.4 is 5.32 Å². The molecule has 0 amide bonds. The fraction of sp³-hybridized carbons (Fsp3) is 0.727. The van der Waals surface area contributed by atoms with Crippen molar-refractivity contribution < 1.29 is 5.11 Å². The maximum Gasteiger partial charge on any atom is 0.0953 e. The van der Waals surface area contributed by atoms with Crippen LogP contribution in [0.5, 0.6) is 0 Å². The third kappa shape index (κ3) is 5.25. The van der Waals surface area contributed by atoms with Gasteiger partial charge in [0.1, 0.15) is 0 Å². The second-order valence-electron chi connectivity index (χ2n) is 5.20. The number of aliphatic hydroxyl groups is 1. The highest BCUT2D eigenvalue weighted by atomic mass is 32.1. The van der Waals surface area contributed by atoms with Gasteiger partial charge in [0.25, 0.3) is 0 Å². The third-order valence-corrected chi connectivity index (χ3v) is 2.79. The Kier molecular flexibility index (Phi) is 3.87. The van der Waals surface area contributed by atoms with Gasteiger partial charge < -0.3 is 10.4 Å². The van der Waals surface area contributed by atoms with Crippen LogP contribution in [-0.4, -0.2) is 27.8 Å². The molecule has 86 valence electrons. The Morgan fingerprint density at radius 2 is 2.07 bits per heavy atom. The number of nitrogens with one attached hydrogen (secondary N) is 1. The maximum atomic E-state index is 10.2. The molecule has 4 heteroatoms. The summed E-state index contributed by atoms with van der Waals surface area (Å²) in [4.78, 5) is 4.18. The molecule has 0 spiro atoms. The van der Waals surface area contributed by atoms with Crippen molar-refractivity contribution in [2.45, 2.75) is 45.3 Å². The molecule has 0 aliphatic rings. The molecular formula is C11H20N2OS. The number of hydrogen-bond donors (Lipinski definition) is 2. The number of rotatable bonds is 4. The van der Waals surface area contributed by atoms with Gasteiger partial charge in [0.05, 0.1) is 10.6 Å². The predicted octanol–water partition coefficient (Wildman–Crippen LogP) is 1.82. The molecule has 2 N–H and O–H groups in total. The maximum absolute atomic E-state index is 10.2. The predicted molar refractivity (Wildman–Crippen MR) is 64.2 cm³/mol. The molecule has 0 bridgehead atoms. The molecule has 1 rings (SSSR count). The summed E-state index contributed by atoms with van der Waals surface area (Å²) in [7, 11) is 0. The van der Waals surface area contributed by atoms with Crippen LogP contribution in [0.3, 0.4) is 0 Å². The summed E-state index contributed by atoms with van der Waals surface area (Å²) >= 11 is 1.58. The van der Waals surface area contributed by atoms with Crippen LogP contribution in [0, 0.1) is 0 Å². The summed E-state index contributed by atoms with van der Waals surface area (Å²) < 4.78 is 0. The van der Waals surface area contributed by atoms with Gasteiger partial charge in [-0.15, -0.1) is 11.3 Å². The lowest BCUT2D eigenvalue weighted by molar-refractivity contribution is 0.0534. The second-order valence-corrected chi connectivity index (χ2v) is 6.18. The highest BCUT2D eigenvalue weighted by molar-refractivity contribution is 7.09. The summed E-state index contributed by atoms with van der Waals surface area (Å²) in [6.07, 6.45) is 2.38. The zero-order valence-electron chi connectivity index (χ0n) is 9.87. The van der Waals surface area contributed by atoms with Crippen molar-refractivity contribution in [3.63, 3.8) is 0 Å². The molecule has 3 nitrogen and oxygen atoms in total. The van der Waals surface area contributed by atoms with Crippen molar-refractivity contribution in [1.82, 2.24) is 10.3 Å². The Morgan fingerprint density at radius 1 is 1.40 bits per heavy atom. The smallest absolute Gasteiger partial charge is 0.0953 e. The molecule has 0 aromatic carbocycles. The van der Waals surface area contributed by atoms with Gasteiger partial charge in [-0.25, -0.2) is 4.98 Å². The molecule has 1 unspecified atom stereocenters. The van der Waals surface area contributed by atoms with E-state index in [1.54, 1.807) is 17.5 Å². The zero-order chi connectivity index (χ0) is 11.5. The van der Waals surface area contributed by atoms with Crippen LogP contribution in [0.4, 0.5) is 0 Å². The van der Waals surface area contributed by atoms with Crippen molar-refractivity contribution in [3.8, 4) is 0 Å². The lowest BCUT2D eigenvalue weighted by Gasteiger charge is -2.28. The van der Waals surface area contributed by atoms with E-state index in [4.69, 9.17) is 0 Å². The summed E-state index contributed by atoms with van der Waals surface area (Å²) in [5.74, 6) is 0. The summed E-state index contributed by atoms with van der Waals surface area (Å²) in [5, 5.41) is 16.4. The first kappa shape index (κ1) is 12.6. The molecule has 0 saturated heterocycles. The average Bonchev–Trinajstić information content (AvgIpc) is 2.52. The molecule has 0 aliphatic heterocycles. The SMILES string of the molecule is CC(O)(CNC(C)(C)C)Cc1nccs1. The normalized spacial score (nSPS) is 16.3. The van der Waals surface area contributed by atoms with E-state index in [-0.39, 0.29) is 5.54 Å². The molecule has 1 aromatic rings. The van der Waals surface area contributed by atoms with Gasteiger partial charge in [-0.2, -0.15) is 0 Å². The van der Waals surface area contributed by atoms with Crippen molar-refractivity contribution in [2.75, 3.05) is 6.54 Å². The van der Waals surface area contributed by atoms with Gasteiger partial charge in [0, 0.05) is 30.1 Å². The van der Waals surface area contributed by atoms with Gasteiger partial charge in [0.2, 0.25) is 0 Å². The summed E-state index contributed by atoms with van der Waals surface area (Å²) in [6, 6.07) is 0. The first-order valence-electron chi connectivity index (χ1n) is 5.14. The Bertz CT molecular complexity index is 288. The van der Waals surface area contributed by atoms with E-state index in [1.807, 2.05) is 12.3 Å². The van der Waals surface area contributed by atoms with Gasteiger partial charge in [-0.3, -0.25) is 0 Å². The van der Waals surface area contributed by atoms with Crippen LogP contribution in [0.1, 0.15) is 32.7 Å². The first-order chi connectivity index (χ1) is 6.79. The third-order valence-electron chi connectivity index (χ3n) is 2.02. The number of β-amino-alcohol motifs (C(OH)–C–C–N with tert-alkyl or cyclic N) is 1. The van der Waals surface area contributed by atoms with Crippen molar-refractivity contribution in [1.29, 1.82) is 0 Å². The molecule has 0 saturated carbocycles. The van der Waals surface area contributed by atoms with Crippen LogP contribution in [0.15, 0.2) is 11.6 Å². The zero-order valence-corrected chi connectivity index (χ0v) is 10.7. The van der Waals surface area contributed by atoms with Gasteiger partial charge in [0.15, 0.2) is 0 Å². The molecule has 0 fully saturated rings. The fourth-order valence-electron chi connectivity index (χ4n) is 1.18. The minimum absolute atomic E-state index is 0.0346. The average molecular weight is 228 g/mol. The first-order valence-corrected chi connectivity index (χ1v) is 6.02. The van der Waals surface area contributed by atoms with Crippen LogP contribution in [0.2, 0.25) is 0 Å². The summed E-state index contributed by atoms with van der Waals surface area (Å²) in [5.41, 5.74) is -0.696. The van der Waals surface area contributed by atoms with E-state index >= 15 is 0 Å². The fourth-order valence-corrected chi connectivity index (χ4v) is 1.98. The standard InChI is InChI=1S/C11H20N2OS/c1-10(2,3)13-8-11(4,14)7-9-12-5-6-15-9/h5-6,13-14H,7-8H2,1-4H3. The molecule has 1 heterocycles. The topological polar surface area (TPSA) is 45.1 Å². The largest absolute Gasteiger partial charge is 0.388 e. The van der Waals surface area contributed by atoms with E-state index in [0.29, 0.717) is 13.0 Å². The monoisotopic (exact) mass is 228 g/mol. The number of hydrogen-bond acceptors (Lipinski definition) is 4. The number of aromatic nitrogens is 1. The molecule has 1 atom stereocenters. The van der Waals surface area contributed by atoms with Crippen molar-refractivity contribution in [3.05, 3.63) is 16.6 Å². The molecule has 0 radical (unpaired) electrons. The Morgan fingerprint density at radius 3 is 2.53 bits per heavy atom. The quantitative estimate of drug-likeness (QED) is 0.826. The van der Waals surface area contributed by atoms with Crippen LogP contribution in [0.25, 0.3) is 0 Å². The number of thiazole rings is 1. The highest BCUT2D eigenvalue weighted by Gasteiger charge is 2.24.